The average molecular weight is 549 g/mol. The number of rotatable bonds is 8. The maximum atomic E-state index is 11.4. The third-order valence-corrected chi connectivity index (χ3v) is 6.10. The SMILES string of the molecule is CC1=NN(c2ccccc2)C(=O)C1.Cc1cc(OCCOc2cc(C)nn2-c2ccccc2)n(-c2ccccc2)n1. The van der Waals surface area contributed by atoms with Crippen molar-refractivity contribution < 1.29 is 14.3 Å². The molecule has 0 spiro atoms. The fourth-order valence-corrected chi connectivity index (χ4v) is 4.28. The van der Waals surface area contributed by atoms with Crippen molar-refractivity contribution in [2.75, 3.05) is 18.2 Å². The molecule has 2 aromatic heterocycles. The molecule has 9 nitrogen and oxygen atoms in total. The Morgan fingerprint density at radius 1 is 0.634 bits per heavy atom. The van der Waals surface area contributed by atoms with Gasteiger partial charge in [0.2, 0.25) is 11.8 Å². The van der Waals surface area contributed by atoms with Crippen molar-refractivity contribution in [3.8, 4) is 23.1 Å². The molecule has 0 unspecified atom stereocenters. The van der Waals surface area contributed by atoms with Crippen LogP contribution in [0, 0.1) is 13.8 Å². The maximum absolute atomic E-state index is 11.4. The van der Waals surface area contributed by atoms with Crippen LogP contribution in [-0.4, -0.2) is 44.4 Å². The van der Waals surface area contributed by atoms with Gasteiger partial charge in [-0.15, -0.1) is 0 Å². The zero-order chi connectivity index (χ0) is 28.6. The Labute approximate surface area is 239 Å². The molecular formula is C32H32N6O3. The van der Waals surface area contributed by atoms with Crippen molar-refractivity contribution in [3.05, 3.63) is 115 Å². The third kappa shape index (κ3) is 6.88. The zero-order valence-corrected chi connectivity index (χ0v) is 23.3. The number of anilines is 1. The predicted octanol–water partition coefficient (Wildman–Crippen LogP) is 5.93. The minimum atomic E-state index is 0.0451. The van der Waals surface area contributed by atoms with Crippen molar-refractivity contribution in [3.63, 3.8) is 0 Å². The normalized spacial score (nSPS) is 12.5. The Hall–Kier alpha value is -5.18. The van der Waals surface area contributed by atoms with E-state index in [0.717, 1.165) is 34.2 Å². The standard InChI is InChI=1S/C22H22N4O2.C10H10N2O/c1-17-15-21(25(23-17)19-9-5-3-6-10-19)27-13-14-28-22-16-18(2)24-26(22)20-11-7-4-8-12-20;1-8-7-10(13)12(11-8)9-5-3-2-4-6-9/h3-12,15-16H,13-14H2,1-2H3;2-6H,7H2,1H3. The van der Waals surface area contributed by atoms with Crippen LogP contribution in [0.5, 0.6) is 11.8 Å². The summed E-state index contributed by atoms with van der Waals surface area (Å²) in [7, 11) is 0. The first-order chi connectivity index (χ1) is 20.0. The van der Waals surface area contributed by atoms with Gasteiger partial charge in [0.1, 0.15) is 13.2 Å². The molecule has 0 bridgehead atoms. The van der Waals surface area contributed by atoms with Gasteiger partial charge in [-0.25, -0.2) is 14.4 Å². The summed E-state index contributed by atoms with van der Waals surface area (Å²) in [5.41, 5.74) is 5.43. The summed E-state index contributed by atoms with van der Waals surface area (Å²) in [4.78, 5) is 11.4. The van der Waals surface area contributed by atoms with E-state index in [1.54, 1.807) is 9.36 Å². The molecule has 0 saturated heterocycles. The Morgan fingerprint density at radius 3 is 1.44 bits per heavy atom. The Balaban J connectivity index is 0.000000216. The molecule has 1 amide bonds. The Bertz CT molecular complexity index is 1530. The van der Waals surface area contributed by atoms with E-state index in [2.05, 4.69) is 15.3 Å². The van der Waals surface area contributed by atoms with Gasteiger partial charge in [0, 0.05) is 17.8 Å². The molecule has 6 rings (SSSR count). The molecule has 208 valence electrons. The first-order valence-electron chi connectivity index (χ1n) is 13.4. The predicted molar refractivity (Wildman–Crippen MR) is 159 cm³/mol. The molecule has 5 aromatic rings. The summed E-state index contributed by atoms with van der Waals surface area (Å²) in [6, 6.07) is 33.2. The van der Waals surface area contributed by atoms with E-state index in [1.807, 2.05) is 124 Å². The van der Waals surface area contributed by atoms with E-state index in [9.17, 15) is 4.79 Å². The topological polar surface area (TPSA) is 86.8 Å². The molecule has 3 aromatic carbocycles. The number of aromatic nitrogens is 4. The van der Waals surface area contributed by atoms with E-state index in [4.69, 9.17) is 9.47 Å². The number of hydrazone groups is 1. The van der Waals surface area contributed by atoms with Crippen molar-refractivity contribution in [1.29, 1.82) is 0 Å². The second-order valence-electron chi connectivity index (χ2n) is 9.49. The number of nitrogens with zero attached hydrogens (tertiary/aromatic N) is 6. The van der Waals surface area contributed by atoms with E-state index in [1.165, 1.54) is 5.01 Å². The number of benzene rings is 3. The fraction of sp³-hybridized carbons (Fsp3) is 0.188. The van der Waals surface area contributed by atoms with Crippen molar-refractivity contribution in [2.45, 2.75) is 27.2 Å². The maximum Gasteiger partial charge on any atom is 0.253 e. The summed E-state index contributed by atoms with van der Waals surface area (Å²) >= 11 is 0. The molecule has 0 radical (unpaired) electrons. The molecule has 41 heavy (non-hydrogen) atoms. The molecule has 0 atom stereocenters. The lowest BCUT2D eigenvalue weighted by molar-refractivity contribution is -0.116. The van der Waals surface area contributed by atoms with Crippen LogP contribution in [0.3, 0.4) is 0 Å². The molecule has 1 aliphatic rings. The highest BCUT2D eigenvalue weighted by molar-refractivity contribution is 6.12. The third-order valence-electron chi connectivity index (χ3n) is 6.10. The van der Waals surface area contributed by atoms with Gasteiger partial charge >= 0.3 is 0 Å². The van der Waals surface area contributed by atoms with Crippen molar-refractivity contribution >= 4 is 17.3 Å². The first-order valence-corrected chi connectivity index (χ1v) is 13.4. The lowest BCUT2D eigenvalue weighted by atomic mass is 10.3. The van der Waals surface area contributed by atoms with Gasteiger partial charge in [-0.05, 0) is 57.2 Å². The van der Waals surface area contributed by atoms with Gasteiger partial charge in [0.25, 0.3) is 5.91 Å². The molecule has 0 N–H and O–H groups in total. The molecule has 9 heteroatoms. The van der Waals surface area contributed by atoms with Crippen LogP contribution >= 0.6 is 0 Å². The zero-order valence-electron chi connectivity index (χ0n) is 23.3. The number of para-hydroxylation sites is 3. The van der Waals surface area contributed by atoms with Crippen LogP contribution in [0.1, 0.15) is 24.7 Å². The quantitative estimate of drug-likeness (QED) is 0.224. The highest BCUT2D eigenvalue weighted by Crippen LogP contribution is 2.21. The van der Waals surface area contributed by atoms with Gasteiger partial charge < -0.3 is 9.47 Å². The number of amides is 1. The second kappa shape index (κ2) is 12.8. The molecule has 1 aliphatic heterocycles. The number of ether oxygens (including phenoxy) is 2. The van der Waals surface area contributed by atoms with Gasteiger partial charge in [-0.1, -0.05) is 54.6 Å². The molecule has 3 heterocycles. The molecule has 0 aliphatic carbocycles. The average Bonchev–Trinajstić information content (AvgIpc) is 3.67. The molecular weight excluding hydrogens is 516 g/mol. The van der Waals surface area contributed by atoms with E-state index in [0.29, 0.717) is 31.4 Å². The summed E-state index contributed by atoms with van der Waals surface area (Å²) in [6.07, 6.45) is 0.439. The van der Waals surface area contributed by atoms with Crippen LogP contribution in [0.4, 0.5) is 5.69 Å². The minimum Gasteiger partial charge on any atom is -0.474 e. The van der Waals surface area contributed by atoms with E-state index in [-0.39, 0.29) is 5.91 Å². The summed E-state index contributed by atoms with van der Waals surface area (Å²) in [5.74, 6) is 1.43. The number of hydrogen-bond donors (Lipinski definition) is 0. The Morgan fingerprint density at radius 2 is 1.05 bits per heavy atom. The van der Waals surface area contributed by atoms with Crippen LogP contribution in [0.2, 0.25) is 0 Å². The van der Waals surface area contributed by atoms with Crippen LogP contribution in [0.15, 0.2) is 108 Å². The van der Waals surface area contributed by atoms with E-state index < -0.39 is 0 Å². The summed E-state index contributed by atoms with van der Waals surface area (Å²) < 4.78 is 15.5. The lowest BCUT2D eigenvalue weighted by Gasteiger charge is -2.11. The fourth-order valence-electron chi connectivity index (χ4n) is 4.28. The number of aryl methyl sites for hydroxylation is 2. The van der Waals surface area contributed by atoms with Gasteiger partial charge in [0.15, 0.2) is 0 Å². The smallest absolute Gasteiger partial charge is 0.253 e. The second-order valence-corrected chi connectivity index (χ2v) is 9.49. The van der Waals surface area contributed by atoms with Crippen LogP contribution in [0.25, 0.3) is 11.4 Å². The lowest BCUT2D eigenvalue weighted by Crippen LogP contribution is -2.19. The number of hydrogen-bond acceptors (Lipinski definition) is 6. The highest BCUT2D eigenvalue weighted by atomic mass is 16.5. The van der Waals surface area contributed by atoms with Crippen molar-refractivity contribution in [2.24, 2.45) is 5.10 Å². The van der Waals surface area contributed by atoms with Gasteiger partial charge in [-0.2, -0.15) is 15.3 Å². The number of carbonyl (C=O) groups is 1. The number of carbonyl (C=O) groups excluding carboxylic acids is 1. The molecule has 0 saturated carbocycles. The summed E-state index contributed by atoms with van der Waals surface area (Å²) in [5, 5.41) is 14.6. The largest absolute Gasteiger partial charge is 0.474 e. The monoisotopic (exact) mass is 548 g/mol. The van der Waals surface area contributed by atoms with Crippen molar-refractivity contribution in [1.82, 2.24) is 19.6 Å². The van der Waals surface area contributed by atoms with Gasteiger partial charge in [-0.3, -0.25) is 4.79 Å². The molecule has 0 fully saturated rings. The summed E-state index contributed by atoms with van der Waals surface area (Å²) in [6.45, 7) is 6.56. The Kier molecular flexibility index (Phi) is 8.54. The van der Waals surface area contributed by atoms with Crippen LogP contribution in [-0.2, 0) is 4.79 Å². The van der Waals surface area contributed by atoms with Gasteiger partial charge in [0.05, 0.1) is 34.9 Å². The highest BCUT2D eigenvalue weighted by Gasteiger charge is 2.22. The van der Waals surface area contributed by atoms with Crippen LogP contribution < -0.4 is 14.5 Å². The minimum absolute atomic E-state index is 0.0451. The first kappa shape index (κ1) is 27.4. The van der Waals surface area contributed by atoms with E-state index >= 15 is 0 Å².